The number of hydrogen-bond acceptors (Lipinski definition) is 5. The third-order valence-electron chi connectivity index (χ3n) is 5.86. The summed E-state index contributed by atoms with van der Waals surface area (Å²) in [6, 6.07) is 17.1. The average Bonchev–Trinajstić information content (AvgIpc) is 3.00. The SMILES string of the molecule is CC(=O)Oc1cc(C)cc([C@@H]2c3c(OC(C)=O)cc(C)cc3C(=O)[C@H]2c2ccc(C)cc2)c1. The lowest BCUT2D eigenvalue weighted by atomic mass is 9.80. The van der Waals surface area contributed by atoms with E-state index in [0.717, 1.165) is 27.8 Å². The van der Waals surface area contributed by atoms with E-state index in [-0.39, 0.29) is 5.78 Å². The van der Waals surface area contributed by atoms with E-state index < -0.39 is 23.8 Å². The van der Waals surface area contributed by atoms with Crippen molar-refractivity contribution in [3.05, 3.63) is 93.5 Å². The molecule has 1 aliphatic carbocycles. The first-order valence-electron chi connectivity index (χ1n) is 10.9. The molecule has 4 rings (SSSR count). The topological polar surface area (TPSA) is 69.7 Å². The molecule has 0 aliphatic heterocycles. The fraction of sp³-hybridized carbons (Fsp3) is 0.250. The highest BCUT2D eigenvalue weighted by molar-refractivity contribution is 6.08. The maximum atomic E-state index is 13.8. The van der Waals surface area contributed by atoms with Crippen LogP contribution in [0.5, 0.6) is 11.5 Å². The van der Waals surface area contributed by atoms with Gasteiger partial charge in [-0.25, -0.2) is 0 Å². The number of aryl methyl sites for hydroxylation is 3. The Morgan fingerprint density at radius 1 is 0.697 bits per heavy atom. The van der Waals surface area contributed by atoms with Crippen LogP contribution in [0.25, 0.3) is 0 Å². The molecule has 3 aromatic rings. The molecule has 168 valence electrons. The zero-order valence-corrected chi connectivity index (χ0v) is 19.4. The van der Waals surface area contributed by atoms with Crippen LogP contribution in [-0.4, -0.2) is 17.7 Å². The van der Waals surface area contributed by atoms with Gasteiger partial charge < -0.3 is 9.47 Å². The molecule has 0 saturated carbocycles. The number of ether oxygens (including phenoxy) is 2. The first-order chi connectivity index (χ1) is 15.6. The van der Waals surface area contributed by atoms with Gasteiger partial charge in [0.1, 0.15) is 11.5 Å². The van der Waals surface area contributed by atoms with Crippen molar-refractivity contribution in [3.8, 4) is 11.5 Å². The second-order valence-electron chi connectivity index (χ2n) is 8.72. The average molecular weight is 443 g/mol. The Balaban J connectivity index is 1.98. The van der Waals surface area contributed by atoms with Gasteiger partial charge in [0.2, 0.25) is 0 Å². The van der Waals surface area contributed by atoms with E-state index in [4.69, 9.17) is 9.47 Å². The van der Waals surface area contributed by atoms with Crippen molar-refractivity contribution in [1.82, 2.24) is 0 Å². The number of benzene rings is 3. The van der Waals surface area contributed by atoms with Gasteiger partial charge in [-0.3, -0.25) is 14.4 Å². The molecule has 0 aromatic heterocycles. The van der Waals surface area contributed by atoms with Crippen LogP contribution >= 0.6 is 0 Å². The number of ketones is 1. The Labute approximate surface area is 193 Å². The number of rotatable bonds is 4. The lowest BCUT2D eigenvalue weighted by Crippen LogP contribution is -2.14. The molecule has 0 unspecified atom stereocenters. The van der Waals surface area contributed by atoms with Crippen molar-refractivity contribution in [1.29, 1.82) is 0 Å². The van der Waals surface area contributed by atoms with Gasteiger partial charge in [0.15, 0.2) is 5.78 Å². The molecule has 3 aromatic carbocycles. The summed E-state index contributed by atoms with van der Waals surface area (Å²) in [6.45, 7) is 8.49. The fourth-order valence-corrected chi connectivity index (χ4v) is 4.67. The van der Waals surface area contributed by atoms with Gasteiger partial charge in [-0.05, 0) is 67.3 Å². The first kappa shape index (κ1) is 22.5. The number of fused-ring (bicyclic) bond motifs is 1. The molecule has 0 radical (unpaired) electrons. The lowest BCUT2D eigenvalue weighted by Gasteiger charge is -2.23. The maximum Gasteiger partial charge on any atom is 0.308 e. The van der Waals surface area contributed by atoms with E-state index in [1.165, 1.54) is 13.8 Å². The van der Waals surface area contributed by atoms with Crippen molar-refractivity contribution < 1.29 is 23.9 Å². The summed E-state index contributed by atoms with van der Waals surface area (Å²) in [5.41, 5.74) is 5.78. The molecular weight excluding hydrogens is 416 g/mol. The molecule has 0 heterocycles. The molecule has 0 bridgehead atoms. The minimum absolute atomic E-state index is 0.0218. The zero-order chi connectivity index (χ0) is 23.9. The second kappa shape index (κ2) is 8.66. The molecule has 0 amide bonds. The summed E-state index contributed by atoms with van der Waals surface area (Å²) in [7, 11) is 0. The van der Waals surface area contributed by atoms with E-state index in [9.17, 15) is 14.4 Å². The highest BCUT2D eigenvalue weighted by Gasteiger charge is 2.44. The van der Waals surface area contributed by atoms with Crippen molar-refractivity contribution in [2.45, 2.75) is 46.5 Å². The van der Waals surface area contributed by atoms with E-state index >= 15 is 0 Å². The number of carbonyl (C=O) groups is 3. The van der Waals surface area contributed by atoms with Crippen LogP contribution < -0.4 is 9.47 Å². The predicted molar refractivity (Wildman–Crippen MR) is 125 cm³/mol. The number of Topliss-reactive ketones (excluding diaryl/α,β-unsaturated/α-hetero) is 1. The van der Waals surface area contributed by atoms with Crippen LogP contribution in [0.15, 0.2) is 54.6 Å². The smallest absolute Gasteiger partial charge is 0.308 e. The fourth-order valence-electron chi connectivity index (χ4n) is 4.67. The van der Waals surface area contributed by atoms with E-state index in [1.807, 2.05) is 57.2 Å². The summed E-state index contributed by atoms with van der Waals surface area (Å²) in [4.78, 5) is 37.3. The monoisotopic (exact) mass is 442 g/mol. The standard InChI is InChI=1S/C28H26O5/c1-15-6-8-20(9-7-15)26-25(21-10-16(2)11-22(14-21)32-18(4)29)27-23(28(26)31)12-17(3)13-24(27)33-19(5)30/h6-14,25-26H,1-5H3/t25-,26-/m0/s1. The summed E-state index contributed by atoms with van der Waals surface area (Å²) in [5, 5.41) is 0. The number of carbonyl (C=O) groups excluding carboxylic acids is 3. The summed E-state index contributed by atoms with van der Waals surface area (Å²) in [5.74, 6) is -0.976. The van der Waals surface area contributed by atoms with Gasteiger partial charge in [-0.1, -0.05) is 35.9 Å². The first-order valence-corrected chi connectivity index (χ1v) is 10.9. The van der Waals surface area contributed by atoms with Crippen molar-refractivity contribution in [2.24, 2.45) is 0 Å². The van der Waals surface area contributed by atoms with Crippen LogP contribution in [0, 0.1) is 20.8 Å². The van der Waals surface area contributed by atoms with Crippen LogP contribution in [0.1, 0.15) is 69.4 Å². The van der Waals surface area contributed by atoms with Gasteiger partial charge in [0, 0.05) is 30.9 Å². The molecule has 2 atom stereocenters. The predicted octanol–water partition coefficient (Wildman–Crippen LogP) is 5.57. The van der Waals surface area contributed by atoms with Gasteiger partial charge in [0.05, 0.1) is 5.92 Å². The molecule has 1 aliphatic rings. The van der Waals surface area contributed by atoms with Crippen molar-refractivity contribution in [3.63, 3.8) is 0 Å². The second-order valence-corrected chi connectivity index (χ2v) is 8.72. The van der Waals surface area contributed by atoms with Crippen molar-refractivity contribution >= 4 is 17.7 Å². The van der Waals surface area contributed by atoms with Crippen LogP contribution in [0.3, 0.4) is 0 Å². The Morgan fingerprint density at radius 2 is 1.33 bits per heavy atom. The normalized spacial score (nSPS) is 16.9. The molecule has 5 nitrogen and oxygen atoms in total. The highest BCUT2D eigenvalue weighted by Crippen LogP contribution is 2.52. The lowest BCUT2D eigenvalue weighted by molar-refractivity contribution is -0.132. The van der Waals surface area contributed by atoms with Gasteiger partial charge in [0.25, 0.3) is 0 Å². The Kier molecular flexibility index (Phi) is 5.90. The quantitative estimate of drug-likeness (QED) is 0.390. The summed E-state index contributed by atoms with van der Waals surface area (Å²) in [6.07, 6.45) is 0. The molecule has 5 heteroatoms. The highest BCUT2D eigenvalue weighted by atomic mass is 16.5. The molecular formula is C28H26O5. The number of hydrogen-bond donors (Lipinski definition) is 0. The minimum Gasteiger partial charge on any atom is -0.427 e. The number of esters is 2. The third kappa shape index (κ3) is 4.44. The largest absolute Gasteiger partial charge is 0.427 e. The van der Waals surface area contributed by atoms with Gasteiger partial charge >= 0.3 is 11.9 Å². The Morgan fingerprint density at radius 3 is 1.97 bits per heavy atom. The van der Waals surface area contributed by atoms with E-state index in [1.54, 1.807) is 18.2 Å². The summed E-state index contributed by atoms with van der Waals surface area (Å²) >= 11 is 0. The summed E-state index contributed by atoms with van der Waals surface area (Å²) < 4.78 is 11.0. The molecule has 0 fully saturated rings. The van der Waals surface area contributed by atoms with Crippen LogP contribution in [0.4, 0.5) is 0 Å². The molecule has 0 saturated heterocycles. The third-order valence-corrected chi connectivity index (χ3v) is 5.86. The maximum absolute atomic E-state index is 13.8. The van der Waals surface area contributed by atoms with E-state index in [2.05, 4.69) is 0 Å². The molecule has 0 N–H and O–H groups in total. The van der Waals surface area contributed by atoms with Crippen LogP contribution in [0.2, 0.25) is 0 Å². The Hall–Kier alpha value is -3.73. The zero-order valence-electron chi connectivity index (χ0n) is 19.4. The van der Waals surface area contributed by atoms with E-state index in [0.29, 0.717) is 22.6 Å². The Bertz CT molecular complexity index is 1270. The van der Waals surface area contributed by atoms with Crippen LogP contribution in [-0.2, 0) is 9.59 Å². The van der Waals surface area contributed by atoms with Gasteiger partial charge in [-0.2, -0.15) is 0 Å². The molecule has 33 heavy (non-hydrogen) atoms. The molecule has 0 spiro atoms. The minimum atomic E-state index is -0.497. The van der Waals surface area contributed by atoms with Crippen molar-refractivity contribution in [2.75, 3.05) is 0 Å². The van der Waals surface area contributed by atoms with Gasteiger partial charge in [-0.15, -0.1) is 0 Å².